The summed E-state index contributed by atoms with van der Waals surface area (Å²) in [6, 6.07) is 20.0. The SMILES string of the molecule is O=C(O)C(F)(F)F.O=C(O)C(F)(F)F.O=c1c2cc(F)cnc2n(-c2cccc(-c3ccc(CN4CCOCC4)cc3)c2)c(=O)n1[C@H]1CC[C@@H](NCc2cn3cc(F)ccc3n2)CC1. The first kappa shape index (κ1) is 47.0. The van der Waals surface area contributed by atoms with Crippen molar-refractivity contribution in [2.75, 3.05) is 26.3 Å². The molecule has 2 fully saturated rings. The number of carboxylic acid groups (broad SMARTS) is 2. The number of hydrogen-bond acceptors (Lipinski definition) is 9. The molecule has 2 aromatic carbocycles. The fraction of sp³-hybridized carbons (Fsp3) is 0.333. The minimum absolute atomic E-state index is 0.0611. The van der Waals surface area contributed by atoms with Gasteiger partial charge in [0.2, 0.25) is 0 Å². The second kappa shape index (κ2) is 19.9. The third-order valence-corrected chi connectivity index (χ3v) is 10.4. The third kappa shape index (κ3) is 11.7. The number of aliphatic carboxylic acids is 2. The van der Waals surface area contributed by atoms with Gasteiger partial charge in [-0.3, -0.25) is 14.3 Å². The van der Waals surface area contributed by atoms with Gasteiger partial charge >= 0.3 is 30.0 Å². The number of alkyl halides is 6. The minimum Gasteiger partial charge on any atom is -0.475 e. The number of pyridine rings is 2. The van der Waals surface area contributed by atoms with Crippen LogP contribution >= 0.6 is 0 Å². The lowest BCUT2D eigenvalue weighted by Gasteiger charge is -2.30. The molecule has 340 valence electrons. The largest absolute Gasteiger partial charge is 0.490 e. The van der Waals surface area contributed by atoms with Crippen molar-refractivity contribution < 1.29 is 59.7 Å². The Morgan fingerprint density at radius 1 is 0.797 bits per heavy atom. The Kier molecular flexibility index (Phi) is 14.6. The van der Waals surface area contributed by atoms with Gasteiger partial charge in [-0.05, 0) is 72.7 Å². The van der Waals surface area contributed by atoms with Crippen LogP contribution in [-0.2, 0) is 27.4 Å². The van der Waals surface area contributed by atoms with Crippen LogP contribution in [0.3, 0.4) is 0 Å². The summed E-state index contributed by atoms with van der Waals surface area (Å²) in [6.45, 7) is 4.71. The van der Waals surface area contributed by atoms with E-state index >= 15 is 0 Å². The maximum Gasteiger partial charge on any atom is 0.490 e. The van der Waals surface area contributed by atoms with Gasteiger partial charge in [-0.15, -0.1) is 0 Å². The van der Waals surface area contributed by atoms with Crippen molar-refractivity contribution in [2.24, 2.45) is 0 Å². The van der Waals surface area contributed by atoms with E-state index in [9.17, 15) is 44.7 Å². The van der Waals surface area contributed by atoms with Crippen molar-refractivity contribution in [3.63, 3.8) is 0 Å². The highest BCUT2D eigenvalue weighted by atomic mass is 19.4. The van der Waals surface area contributed by atoms with Gasteiger partial charge in [0.25, 0.3) is 5.56 Å². The van der Waals surface area contributed by atoms with Crippen LogP contribution in [0.25, 0.3) is 33.5 Å². The quantitative estimate of drug-likeness (QED) is 0.142. The summed E-state index contributed by atoms with van der Waals surface area (Å²) in [5.74, 6) is -6.48. The second-order valence-corrected chi connectivity index (χ2v) is 14.8. The van der Waals surface area contributed by atoms with Gasteiger partial charge < -0.3 is 24.7 Å². The lowest BCUT2D eigenvalue weighted by atomic mass is 9.91. The molecule has 0 radical (unpaired) electrons. The molecule has 2 aliphatic rings. The zero-order chi connectivity index (χ0) is 46.3. The fourth-order valence-corrected chi connectivity index (χ4v) is 7.27. The van der Waals surface area contributed by atoms with Crippen molar-refractivity contribution >= 4 is 28.6 Å². The molecule has 4 aromatic heterocycles. The summed E-state index contributed by atoms with van der Waals surface area (Å²) in [6.07, 6.45) is -3.28. The molecule has 0 atom stereocenters. The normalized spacial score (nSPS) is 17.0. The van der Waals surface area contributed by atoms with Crippen LogP contribution in [0.4, 0.5) is 35.1 Å². The van der Waals surface area contributed by atoms with E-state index in [-0.39, 0.29) is 28.9 Å². The van der Waals surface area contributed by atoms with Gasteiger partial charge in [0.05, 0.1) is 36.2 Å². The van der Waals surface area contributed by atoms with Gasteiger partial charge in [-0.2, -0.15) is 26.3 Å². The molecule has 0 unspecified atom stereocenters. The maximum atomic E-state index is 14.5. The zero-order valence-corrected chi connectivity index (χ0v) is 33.5. The maximum absolute atomic E-state index is 14.5. The number of benzene rings is 2. The Hall–Kier alpha value is -6.52. The molecule has 0 amide bonds. The molecule has 1 aliphatic carbocycles. The second-order valence-electron chi connectivity index (χ2n) is 14.8. The number of halogens is 8. The zero-order valence-electron chi connectivity index (χ0n) is 33.5. The number of hydrogen-bond donors (Lipinski definition) is 3. The number of carbonyl (C=O) groups is 2. The van der Waals surface area contributed by atoms with E-state index in [1.165, 1.54) is 33.0 Å². The van der Waals surface area contributed by atoms with E-state index < -0.39 is 41.4 Å². The van der Waals surface area contributed by atoms with Gasteiger partial charge in [-0.25, -0.2) is 37.7 Å². The third-order valence-electron chi connectivity index (χ3n) is 10.4. The van der Waals surface area contributed by atoms with Crippen LogP contribution in [-0.4, -0.2) is 95.3 Å². The number of morpholine rings is 1. The van der Waals surface area contributed by atoms with E-state index in [2.05, 4.69) is 44.5 Å². The predicted molar refractivity (Wildman–Crippen MR) is 214 cm³/mol. The Balaban J connectivity index is 0.000000422. The first-order chi connectivity index (χ1) is 30.3. The predicted octanol–water partition coefficient (Wildman–Crippen LogP) is 6.51. The molecule has 5 heterocycles. The molecule has 1 aliphatic heterocycles. The molecule has 3 N–H and O–H groups in total. The van der Waals surface area contributed by atoms with Crippen LogP contribution in [0.15, 0.2) is 94.9 Å². The number of nitrogens with zero attached hydrogens (tertiary/aromatic N) is 6. The van der Waals surface area contributed by atoms with Gasteiger partial charge in [0.1, 0.15) is 17.3 Å². The average molecular weight is 906 g/mol. The fourth-order valence-electron chi connectivity index (χ4n) is 7.27. The lowest BCUT2D eigenvalue weighted by Crippen LogP contribution is -2.44. The first-order valence-corrected chi connectivity index (χ1v) is 19.6. The number of ether oxygens (including phenoxy) is 1. The Labute approximate surface area is 357 Å². The Morgan fingerprint density at radius 3 is 2.06 bits per heavy atom. The van der Waals surface area contributed by atoms with Crippen LogP contribution in [0.1, 0.15) is 43.0 Å². The van der Waals surface area contributed by atoms with Crippen molar-refractivity contribution in [2.45, 2.75) is 63.2 Å². The van der Waals surface area contributed by atoms with E-state index in [0.29, 0.717) is 30.7 Å². The molecular weight excluding hydrogens is 866 g/mol. The number of rotatable bonds is 8. The molecule has 22 heteroatoms. The molecule has 0 spiro atoms. The highest BCUT2D eigenvalue weighted by Crippen LogP contribution is 2.29. The summed E-state index contributed by atoms with van der Waals surface area (Å²) >= 11 is 0. The molecule has 1 saturated heterocycles. The topological polar surface area (TPSA) is 173 Å². The van der Waals surface area contributed by atoms with Crippen molar-refractivity contribution in [1.29, 1.82) is 0 Å². The molecule has 1 saturated carbocycles. The van der Waals surface area contributed by atoms with Crippen molar-refractivity contribution in [1.82, 2.24) is 33.7 Å². The number of carboxylic acids is 2. The molecular formula is C42H39F8N7O7. The monoisotopic (exact) mass is 905 g/mol. The molecule has 64 heavy (non-hydrogen) atoms. The van der Waals surface area contributed by atoms with Crippen LogP contribution in [0, 0.1) is 11.6 Å². The number of fused-ring (bicyclic) bond motifs is 2. The highest BCUT2D eigenvalue weighted by Gasteiger charge is 2.39. The lowest BCUT2D eigenvalue weighted by molar-refractivity contribution is -0.193. The number of aromatic nitrogens is 5. The standard InChI is InChI=1S/C38H37F2N7O3.2C2HF3O2/c39-28-8-13-35-43-31(24-45(35)23-28)21-41-30-9-11-32(12-10-30)47-37(48)34-19-29(40)20-42-36(34)46(38(47)49)33-3-1-2-27(18-33)26-6-4-25(5-7-26)22-44-14-16-50-17-15-44;2*3-2(4,5)1(6)7/h1-8,13,18-20,23-24,30,32,41H,9-12,14-17,21-22H2;2*(H,6,7)/t30-,32+;;. The molecule has 14 nitrogen and oxygen atoms in total. The average Bonchev–Trinajstić information content (AvgIpc) is 3.66. The van der Waals surface area contributed by atoms with Crippen LogP contribution < -0.4 is 16.6 Å². The molecule has 0 bridgehead atoms. The summed E-state index contributed by atoms with van der Waals surface area (Å²) in [5.41, 5.74) is 4.22. The van der Waals surface area contributed by atoms with E-state index in [0.717, 1.165) is 68.7 Å². The Bertz CT molecular complexity index is 2700. The smallest absolute Gasteiger partial charge is 0.475 e. The summed E-state index contributed by atoms with van der Waals surface area (Å²) in [7, 11) is 0. The first-order valence-electron chi connectivity index (χ1n) is 19.6. The summed E-state index contributed by atoms with van der Waals surface area (Å²) < 4.78 is 101. The van der Waals surface area contributed by atoms with Gasteiger partial charge in [-0.1, -0.05) is 36.4 Å². The molecule has 6 aromatic rings. The Morgan fingerprint density at radius 2 is 1.44 bits per heavy atom. The number of imidazole rings is 1. The van der Waals surface area contributed by atoms with Crippen molar-refractivity contribution in [3.05, 3.63) is 129 Å². The van der Waals surface area contributed by atoms with Crippen LogP contribution in [0.2, 0.25) is 0 Å². The van der Waals surface area contributed by atoms with E-state index in [1.807, 2.05) is 24.3 Å². The van der Waals surface area contributed by atoms with Gasteiger partial charge in [0, 0.05) is 50.7 Å². The molecule has 8 rings (SSSR count). The highest BCUT2D eigenvalue weighted by molar-refractivity contribution is 5.77. The van der Waals surface area contributed by atoms with Crippen LogP contribution in [0.5, 0.6) is 0 Å². The van der Waals surface area contributed by atoms with Crippen molar-refractivity contribution in [3.8, 4) is 16.8 Å². The van der Waals surface area contributed by atoms with E-state index in [1.54, 1.807) is 16.7 Å². The summed E-state index contributed by atoms with van der Waals surface area (Å²) in [5, 5.41) is 17.8. The minimum atomic E-state index is -5.08. The van der Waals surface area contributed by atoms with E-state index in [4.69, 9.17) is 24.5 Å². The summed E-state index contributed by atoms with van der Waals surface area (Å²) in [4.78, 5) is 57.1. The van der Waals surface area contributed by atoms with Gasteiger partial charge in [0.15, 0.2) is 5.65 Å². The number of nitrogens with one attached hydrogen (secondary N) is 1.